The highest BCUT2D eigenvalue weighted by Crippen LogP contribution is 2.13. The van der Waals surface area contributed by atoms with Crippen LogP contribution in [0.3, 0.4) is 0 Å². The number of carboxylic acids is 1. The fraction of sp³-hybridized carbons (Fsp3) is 0.737. The number of carbonyl (C=O) groups excluding carboxylic acids is 4. The Labute approximate surface area is 176 Å². The Morgan fingerprint density at radius 3 is 1.57 bits per heavy atom. The molecule has 0 saturated carbocycles. The van der Waals surface area contributed by atoms with Crippen LogP contribution in [0.4, 0.5) is 0 Å². The Balaban J connectivity index is 5.48. The molecular formula is C19H35N5O6. The Bertz CT molecular complexity index is 641. The van der Waals surface area contributed by atoms with Crippen molar-refractivity contribution >= 4 is 29.6 Å². The van der Waals surface area contributed by atoms with Crippen LogP contribution in [-0.2, 0) is 24.0 Å². The molecule has 0 heterocycles. The summed E-state index contributed by atoms with van der Waals surface area (Å²) in [4.78, 5) is 59.8. The van der Waals surface area contributed by atoms with E-state index in [4.69, 9.17) is 16.6 Å². The first-order chi connectivity index (χ1) is 13.8. The third kappa shape index (κ3) is 8.76. The maximum absolute atomic E-state index is 12.9. The largest absolute Gasteiger partial charge is 0.480 e. The van der Waals surface area contributed by atoms with E-state index in [1.165, 1.54) is 6.92 Å². The standard InChI is InChI=1S/C19H35N5O6/c1-6-9(3)14(17(27)22-11(5)19(29)30)24-18(28)15(10(4)7-2)23-16(26)12(20)8-13(21)25/h9-12,14-15H,6-8,20H2,1-5H3,(H2,21,25)(H,22,27)(H,23,26)(H,24,28)(H,29,30). The topological polar surface area (TPSA) is 194 Å². The SMILES string of the molecule is CCC(C)C(NC(=O)C(N)CC(N)=O)C(=O)NC(C(=O)NC(C)C(=O)O)C(C)CC. The lowest BCUT2D eigenvalue weighted by atomic mass is 9.94. The van der Waals surface area contributed by atoms with Crippen molar-refractivity contribution in [2.24, 2.45) is 23.3 Å². The average Bonchev–Trinajstić information content (AvgIpc) is 2.67. The van der Waals surface area contributed by atoms with Gasteiger partial charge in [-0.15, -0.1) is 0 Å². The van der Waals surface area contributed by atoms with E-state index in [0.29, 0.717) is 12.8 Å². The van der Waals surface area contributed by atoms with Crippen molar-refractivity contribution in [1.82, 2.24) is 16.0 Å². The third-order valence-corrected chi connectivity index (χ3v) is 5.07. The van der Waals surface area contributed by atoms with Gasteiger partial charge in [0.05, 0.1) is 12.5 Å². The molecular weight excluding hydrogens is 394 g/mol. The first kappa shape index (κ1) is 27.3. The quantitative estimate of drug-likeness (QED) is 0.212. The molecule has 0 aromatic carbocycles. The van der Waals surface area contributed by atoms with Crippen LogP contribution in [-0.4, -0.2) is 58.9 Å². The van der Waals surface area contributed by atoms with Gasteiger partial charge < -0.3 is 32.5 Å². The molecule has 30 heavy (non-hydrogen) atoms. The van der Waals surface area contributed by atoms with Crippen molar-refractivity contribution < 1.29 is 29.1 Å². The molecule has 6 unspecified atom stereocenters. The molecule has 0 fully saturated rings. The summed E-state index contributed by atoms with van der Waals surface area (Å²) in [7, 11) is 0. The van der Waals surface area contributed by atoms with E-state index in [1.54, 1.807) is 13.8 Å². The van der Waals surface area contributed by atoms with Crippen molar-refractivity contribution in [1.29, 1.82) is 0 Å². The van der Waals surface area contributed by atoms with Crippen molar-refractivity contribution in [2.45, 2.75) is 78.0 Å². The number of carbonyl (C=O) groups is 5. The molecule has 4 amide bonds. The summed E-state index contributed by atoms with van der Waals surface area (Å²) in [6, 6.07) is -4.32. The van der Waals surface area contributed by atoms with Gasteiger partial charge in [0.25, 0.3) is 0 Å². The number of hydrogen-bond donors (Lipinski definition) is 6. The first-order valence-corrected chi connectivity index (χ1v) is 10.0. The predicted octanol–water partition coefficient (Wildman–Crippen LogP) is -1.16. The maximum atomic E-state index is 12.9. The second-order valence-corrected chi connectivity index (χ2v) is 7.59. The Hall–Kier alpha value is -2.69. The van der Waals surface area contributed by atoms with Gasteiger partial charge in [0.2, 0.25) is 23.6 Å². The van der Waals surface area contributed by atoms with Gasteiger partial charge in [-0.05, 0) is 18.8 Å². The highest BCUT2D eigenvalue weighted by atomic mass is 16.4. The van der Waals surface area contributed by atoms with Gasteiger partial charge >= 0.3 is 5.97 Å². The lowest BCUT2D eigenvalue weighted by Crippen LogP contribution is -2.59. The van der Waals surface area contributed by atoms with Crippen LogP contribution in [0.15, 0.2) is 0 Å². The van der Waals surface area contributed by atoms with E-state index >= 15 is 0 Å². The van der Waals surface area contributed by atoms with E-state index in [-0.39, 0.29) is 18.3 Å². The number of nitrogens with one attached hydrogen (secondary N) is 3. The summed E-state index contributed by atoms with van der Waals surface area (Å²) in [5.74, 6) is -4.49. The van der Waals surface area contributed by atoms with Crippen LogP contribution < -0.4 is 27.4 Å². The lowest BCUT2D eigenvalue weighted by molar-refractivity contribution is -0.142. The number of hydrogen-bond acceptors (Lipinski definition) is 6. The molecule has 0 bridgehead atoms. The average molecular weight is 430 g/mol. The fourth-order valence-electron chi connectivity index (χ4n) is 2.58. The molecule has 8 N–H and O–H groups in total. The minimum atomic E-state index is -1.20. The van der Waals surface area contributed by atoms with Gasteiger partial charge in [0.1, 0.15) is 18.1 Å². The predicted molar refractivity (Wildman–Crippen MR) is 110 cm³/mol. The second kappa shape index (κ2) is 12.8. The molecule has 11 heteroatoms. The van der Waals surface area contributed by atoms with Crippen molar-refractivity contribution in [3.05, 3.63) is 0 Å². The van der Waals surface area contributed by atoms with Gasteiger partial charge in [-0.1, -0.05) is 40.5 Å². The zero-order valence-corrected chi connectivity index (χ0v) is 18.2. The van der Waals surface area contributed by atoms with Crippen molar-refractivity contribution in [2.75, 3.05) is 0 Å². The summed E-state index contributed by atoms with van der Waals surface area (Å²) in [6.45, 7) is 8.46. The van der Waals surface area contributed by atoms with Crippen LogP contribution >= 0.6 is 0 Å². The maximum Gasteiger partial charge on any atom is 0.325 e. The summed E-state index contributed by atoms with van der Waals surface area (Å²) in [5, 5.41) is 16.5. The van der Waals surface area contributed by atoms with Gasteiger partial charge in [-0.25, -0.2) is 0 Å². The molecule has 0 aliphatic rings. The van der Waals surface area contributed by atoms with Crippen LogP contribution in [0.2, 0.25) is 0 Å². The molecule has 0 aromatic rings. The zero-order chi connectivity index (χ0) is 23.6. The second-order valence-electron chi connectivity index (χ2n) is 7.59. The number of rotatable bonds is 13. The number of aliphatic carboxylic acids is 1. The Kier molecular flexibility index (Phi) is 11.6. The normalized spacial score (nSPS) is 16.9. The van der Waals surface area contributed by atoms with Crippen LogP contribution in [0, 0.1) is 11.8 Å². The summed E-state index contributed by atoms with van der Waals surface area (Å²) < 4.78 is 0. The van der Waals surface area contributed by atoms with Gasteiger partial charge in [-0.3, -0.25) is 24.0 Å². The van der Waals surface area contributed by atoms with Gasteiger partial charge in [-0.2, -0.15) is 0 Å². The van der Waals surface area contributed by atoms with E-state index in [9.17, 15) is 24.0 Å². The molecule has 11 nitrogen and oxygen atoms in total. The van der Waals surface area contributed by atoms with Gasteiger partial charge in [0, 0.05) is 0 Å². The molecule has 0 radical (unpaired) electrons. The molecule has 0 aromatic heterocycles. The van der Waals surface area contributed by atoms with E-state index < -0.39 is 53.8 Å². The summed E-state index contributed by atoms with van der Waals surface area (Å²) in [6.07, 6.45) is 0.717. The molecule has 0 spiro atoms. The molecule has 0 aliphatic carbocycles. The van der Waals surface area contributed by atoms with Crippen molar-refractivity contribution in [3.8, 4) is 0 Å². The molecule has 0 aliphatic heterocycles. The summed E-state index contributed by atoms with van der Waals surface area (Å²) >= 11 is 0. The van der Waals surface area contributed by atoms with Crippen LogP contribution in [0.25, 0.3) is 0 Å². The molecule has 172 valence electrons. The smallest absolute Gasteiger partial charge is 0.325 e. The fourth-order valence-corrected chi connectivity index (χ4v) is 2.58. The number of nitrogens with two attached hydrogens (primary N) is 2. The zero-order valence-electron chi connectivity index (χ0n) is 18.2. The van der Waals surface area contributed by atoms with E-state index in [2.05, 4.69) is 16.0 Å². The van der Waals surface area contributed by atoms with Crippen LogP contribution in [0.1, 0.15) is 53.9 Å². The molecule has 0 saturated heterocycles. The Morgan fingerprint density at radius 2 is 1.20 bits per heavy atom. The highest BCUT2D eigenvalue weighted by Gasteiger charge is 2.33. The van der Waals surface area contributed by atoms with E-state index in [0.717, 1.165) is 0 Å². The van der Waals surface area contributed by atoms with Gasteiger partial charge in [0.15, 0.2) is 0 Å². The monoisotopic (exact) mass is 429 g/mol. The Morgan fingerprint density at radius 1 is 0.800 bits per heavy atom. The lowest BCUT2D eigenvalue weighted by Gasteiger charge is -2.29. The first-order valence-electron chi connectivity index (χ1n) is 10.0. The number of amides is 4. The van der Waals surface area contributed by atoms with Crippen molar-refractivity contribution in [3.63, 3.8) is 0 Å². The summed E-state index contributed by atoms with van der Waals surface area (Å²) in [5.41, 5.74) is 10.7. The molecule has 0 rings (SSSR count). The molecule has 6 atom stereocenters. The number of carboxylic acid groups (broad SMARTS) is 1. The minimum Gasteiger partial charge on any atom is -0.480 e. The number of primary amides is 1. The van der Waals surface area contributed by atoms with E-state index in [1.807, 2.05) is 13.8 Å². The highest BCUT2D eigenvalue weighted by molar-refractivity contribution is 5.95. The third-order valence-electron chi connectivity index (χ3n) is 5.07. The van der Waals surface area contributed by atoms with Crippen LogP contribution in [0.5, 0.6) is 0 Å². The minimum absolute atomic E-state index is 0.291.